The third-order valence-corrected chi connectivity index (χ3v) is 7.50. The van der Waals surface area contributed by atoms with Crippen LogP contribution in [0.1, 0.15) is 126 Å². The molecule has 0 spiro atoms. The van der Waals surface area contributed by atoms with Gasteiger partial charge in [-0.2, -0.15) is 0 Å². The molecule has 208 valence electrons. The van der Waals surface area contributed by atoms with Gasteiger partial charge >= 0.3 is 0 Å². The summed E-state index contributed by atoms with van der Waals surface area (Å²) in [6, 6.07) is 12.6. The van der Waals surface area contributed by atoms with Crippen LogP contribution in [0.15, 0.2) is 36.4 Å². The lowest BCUT2D eigenvalue weighted by atomic mass is 9.96. The zero-order chi connectivity index (χ0) is 26.6. The Bertz CT molecular complexity index is 775. The van der Waals surface area contributed by atoms with Gasteiger partial charge in [0, 0.05) is 13.2 Å². The number of rotatable bonds is 22. The molecule has 3 heteroatoms. The molecule has 0 amide bonds. The second-order valence-corrected chi connectivity index (χ2v) is 10.6. The molecule has 0 heterocycles. The van der Waals surface area contributed by atoms with Gasteiger partial charge in [-0.1, -0.05) is 115 Å². The van der Waals surface area contributed by atoms with E-state index in [0.29, 0.717) is 12.8 Å². The van der Waals surface area contributed by atoms with Crippen LogP contribution in [-0.4, -0.2) is 23.4 Å². The van der Waals surface area contributed by atoms with Crippen molar-refractivity contribution in [3.05, 3.63) is 58.7 Å². The summed E-state index contributed by atoms with van der Waals surface area (Å²) in [5.74, 6) is 1.86. The summed E-state index contributed by atoms with van der Waals surface area (Å²) >= 11 is 0. The van der Waals surface area contributed by atoms with E-state index >= 15 is 0 Å². The molecule has 0 fully saturated rings. The molecule has 3 nitrogen and oxygen atoms in total. The van der Waals surface area contributed by atoms with E-state index < -0.39 is 0 Å². The number of hydrogen-bond acceptors (Lipinski definition) is 3. The van der Waals surface area contributed by atoms with Crippen molar-refractivity contribution in [2.75, 3.05) is 13.2 Å². The van der Waals surface area contributed by atoms with Crippen LogP contribution in [0.25, 0.3) is 0 Å². The lowest BCUT2D eigenvalue weighted by Gasteiger charge is -2.19. The van der Waals surface area contributed by atoms with E-state index in [1.807, 2.05) is 0 Å². The molecule has 37 heavy (non-hydrogen) atoms. The predicted octanol–water partition coefficient (Wildman–Crippen LogP) is 9.13. The molecule has 0 aliphatic carbocycles. The van der Waals surface area contributed by atoms with E-state index in [1.165, 1.54) is 99.3 Å². The number of ether oxygens (including phenoxy) is 1. The molecule has 2 rings (SSSR count). The largest absolute Gasteiger partial charge is 0.457 e. The van der Waals surface area contributed by atoms with Crippen LogP contribution in [-0.2, 0) is 25.7 Å². The minimum absolute atomic E-state index is 0.156. The first-order valence-electron chi connectivity index (χ1n) is 15.4. The van der Waals surface area contributed by atoms with E-state index in [0.717, 1.165) is 37.2 Å². The summed E-state index contributed by atoms with van der Waals surface area (Å²) in [6.45, 7) is 4.84. The van der Waals surface area contributed by atoms with Gasteiger partial charge in [-0.05, 0) is 72.9 Å². The number of unbranched alkanes of at least 4 members (excludes halogenated alkanes) is 12. The van der Waals surface area contributed by atoms with Gasteiger partial charge in [0.05, 0.1) is 0 Å². The molecular formula is C34H54O3. The summed E-state index contributed by atoms with van der Waals surface area (Å²) < 4.78 is 6.67. The Morgan fingerprint density at radius 2 is 0.865 bits per heavy atom. The molecule has 0 aliphatic rings. The van der Waals surface area contributed by atoms with Crippen molar-refractivity contribution in [1.82, 2.24) is 0 Å². The monoisotopic (exact) mass is 510 g/mol. The highest BCUT2D eigenvalue weighted by Crippen LogP contribution is 2.34. The highest BCUT2D eigenvalue weighted by atomic mass is 16.5. The fraction of sp³-hybridized carbons (Fsp3) is 0.647. The third-order valence-electron chi connectivity index (χ3n) is 7.50. The Morgan fingerprint density at radius 3 is 1.24 bits per heavy atom. The minimum atomic E-state index is 0.156. The number of aliphatic hydroxyl groups is 2. The van der Waals surface area contributed by atoms with Gasteiger partial charge in [-0.3, -0.25) is 0 Å². The summed E-state index contributed by atoms with van der Waals surface area (Å²) in [7, 11) is 0. The summed E-state index contributed by atoms with van der Waals surface area (Å²) in [5.41, 5.74) is 4.90. The average molecular weight is 511 g/mol. The maximum absolute atomic E-state index is 9.68. The van der Waals surface area contributed by atoms with Crippen molar-refractivity contribution in [2.24, 2.45) is 0 Å². The second-order valence-electron chi connectivity index (χ2n) is 10.6. The SMILES string of the molecule is CCCCCCCCCc1c(CCO)cccc1Oc1cccc(CCO)c1CCCCCCCCC. The zero-order valence-electron chi connectivity index (χ0n) is 23.9. The second kappa shape index (κ2) is 20.2. The fourth-order valence-corrected chi connectivity index (χ4v) is 5.33. The molecule has 2 aromatic rings. The van der Waals surface area contributed by atoms with Crippen LogP contribution in [0.4, 0.5) is 0 Å². The zero-order valence-corrected chi connectivity index (χ0v) is 23.9. The molecule has 2 N–H and O–H groups in total. The highest BCUT2D eigenvalue weighted by molar-refractivity contribution is 5.47. The van der Waals surface area contributed by atoms with Crippen LogP contribution in [0.3, 0.4) is 0 Å². The Morgan fingerprint density at radius 1 is 0.486 bits per heavy atom. The van der Waals surface area contributed by atoms with Crippen LogP contribution < -0.4 is 4.74 Å². The van der Waals surface area contributed by atoms with E-state index in [2.05, 4.69) is 50.2 Å². The van der Waals surface area contributed by atoms with Gasteiger partial charge < -0.3 is 14.9 Å². The van der Waals surface area contributed by atoms with Gasteiger partial charge in [-0.15, -0.1) is 0 Å². The van der Waals surface area contributed by atoms with Crippen molar-refractivity contribution >= 4 is 0 Å². The number of hydrogen-bond donors (Lipinski definition) is 2. The first-order chi connectivity index (χ1) is 18.2. The Labute approximate surface area is 227 Å². The number of aliphatic hydroxyl groups excluding tert-OH is 2. The van der Waals surface area contributed by atoms with Crippen molar-refractivity contribution in [3.8, 4) is 11.5 Å². The molecule has 0 aromatic heterocycles. The lowest BCUT2D eigenvalue weighted by molar-refractivity contribution is 0.299. The Hall–Kier alpha value is -1.84. The molecular weight excluding hydrogens is 456 g/mol. The Balaban J connectivity index is 2.12. The van der Waals surface area contributed by atoms with Gasteiger partial charge in [-0.25, -0.2) is 0 Å². The molecule has 2 aromatic carbocycles. The molecule has 0 atom stereocenters. The highest BCUT2D eigenvalue weighted by Gasteiger charge is 2.15. The van der Waals surface area contributed by atoms with E-state index in [1.54, 1.807) is 0 Å². The van der Waals surface area contributed by atoms with E-state index in [-0.39, 0.29) is 13.2 Å². The Kier molecular flexibility index (Phi) is 17.1. The van der Waals surface area contributed by atoms with Gasteiger partial charge in [0.2, 0.25) is 0 Å². The summed E-state index contributed by atoms with van der Waals surface area (Å²) in [5, 5.41) is 19.4. The van der Waals surface area contributed by atoms with Crippen LogP contribution in [0, 0.1) is 0 Å². The average Bonchev–Trinajstić information content (AvgIpc) is 2.90. The predicted molar refractivity (Wildman–Crippen MR) is 158 cm³/mol. The third kappa shape index (κ3) is 12.0. The standard InChI is InChI=1S/C34H54O3/c1-3-5-7-9-11-13-15-21-31-29(25-27-35)19-17-23-33(31)37-34-24-18-20-30(26-28-36)32(34)22-16-14-12-10-8-6-4-2/h17-20,23-24,35-36H,3-16,21-22,25-28H2,1-2H3. The quantitative estimate of drug-likeness (QED) is 0.155. The van der Waals surface area contributed by atoms with Crippen LogP contribution in [0.2, 0.25) is 0 Å². The molecule has 0 radical (unpaired) electrons. The van der Waals surface area contributed by atoms with Crippen molar-refractivity contribution in [2.45, 2.75) is 129 Å². The normalized spacial score (nSPS) is 11.2. The topological polar surface area (TPSA) is 49.7 Å². The lowest BCUT2D eigenvalue weighted by Crippen LogP contribution is -2.04. The maximum atomic E-state index is 9.68. The first kappa shape index (κ1) is 31.4. The molecule has 0 saturated heterocycles. The van der Waals surface area contributed by atoms with Gasteiger partial charge in [0.1, 0.15) is 11.5 Å². The van der Waals surface area contributed by atoms with Gasteiger partial charge in [0.15, 0.2) is 0 Å². The minimum Gasteiger partial charge on any atom is -0.457 e. The van der Waals surface area contributed by atoms with E-state index in [4.69, 9.17) is 4.74 Å². The van der Waals surface area contributed by atoms with Gasteiger partial charge in [0.25, 0.3) is 0 Å². The summed E-state index contributed by atoms with van der Waals surface area (Å²) in [4.78, 5) is 0. The molecule has 0 aliphatic heterocycles. The molecule has 0 bridgehead atoms. The van der Waals surface area contributed by atoms with Crippen molar-refractivity contribution in [3.63, 3.8) is 0 Å². The first-order valence-corrected chi connectivity index (χ1v) is 15.4. The van der Waals surface area contributed by atoms with Crippen LogP contribution in [0.5, 0.6) is 11.5 Å². The van der Waals surface area contributed by atoms with E-state index in [9.17, 15) is 10.2 Å². The van der Waals surface area contributed by atoms with Crippen LogP contribution >= 0.6 is 0 Å². The van der Waals surface area contributed by atoms with Crippen molar-refractivity contribution in [1.29, 1.82) is 0 Å². The molecule has 0 saturated carbocycles. The van der Waals surface area contributed by atoms with Crippen molar-refractivity contribution < 1.29 is 14.9 Å². The smallest absolute Gasteiger partial charge is 0.130 e. The summed E-state index contributed by atoms with van der Waals surface area (Å²) in [6.07, 6.45) is 21.3. The maximum Gasteiger partial charge on any atom is 0.130 e. The fourth-order valence-electron chi connectivity index (χ4n) is 5.33. The number of benzene rings is 2. The molecule has 0 unspecified atom stereocenters.